The Hall–Kier alpha value is -4.19. The Kier molecular flexibility index (Phi) is 5.72. The first-order chi connectivity index (χ1) is 16.5. The minimum absolute atomic E-state index is 0.0704. The van der Waals surface area contributed by atoms with E-state index in [0.717, 1.165) is 5.52 Å². The van der Waals surface area contributed by atoms with E-state index in [-0.39, 0.29) is 11.6 Å². The number of hydrogen-bond donors (Lipinski definition) is 2. The number of carbonyl (C=O) groups is 1. The van der Waals surface area contributed by atoms with Crippen molar-refractivity contribution in [2.45, 2.75) is 5.92 Å². The van der Waals surface area contributed by atoms with E-state index < -0.39 is 5.91 Å². The fourth-order valence-corrected chi connectivity index (χ4v) is 3.67. The number of nitrogens with two attached hydrogens (primary N) is 1. The van der Waals surface area contributed by atoms with Gasteiger partial charge in [-0.1, -0.05) is 0 Å². The molecule has 1 aliphatic heterocycles. The van der Waals surface area contributed by atoms with Gasteiger partial charge >= 0.3 is 0 Å². The molecule has 1 aliphatic rings. The molecule has 0 unspecified atom stereocenters. The number of rotatable bonds is 9. The summed E-state index contributed by atoms with van der Waals surface area (Å²) in [6.07, 6.45) is 5.04. The number of amides is 1. The van der Waals surface area contributed by atoms with Gasteiger partial charge in [0.15, 0.2) is 17.1 Å². The fraction of sp³-hybridized carbons (Fsp3) is 0.318. The number of nitrogens with zero attached hydrogens (tertiary/aromatic N) is 6. The second-order valence-electron chi connectivity index (χ2n) is 7.95. The van der Waals surface area contributed by atoms with Crippen LogP contribution >= 0.6 is 0 Å². The monoisotopic (exact) mass is 464 g/mol. The second-order valence-corrected chi connectivity index (χ2v) is 7.95. The molecule has 34 heavy (non-hydrogen) atoms. The number of methoxy groups -OCH3 is 1. The number of aryl methyl sites for hydroxylation is 1. The van der Waals surface area contributed by atoms with E-state index in [1.165, 1.54) is 0 Å². The molecule has 1 aromatic carbocycles. The molecule has 0 aliphatic carbocycles. The molecule has 0 saturated carbocycles. The molecule has 1 amide bonds. The Morgan fingerprint density at radius 2 is 2.12 bits per heavy atom. The Bertz CT molecular complexity index is 1330. The highest BCUT2D eigenvalue weighted by molar-refractivity contribution is 5.96. The molecule has 0 atom stereocenters. The summed E-state index contributed by atoms with van der Waals surface area (Å²) in [4.78, 5) is 27.4. The average Bonchev–Trinajstić information content (AvgIpc) is 3.39. The lowest BCUT2D eigenvalue weighted by Gasteiger charge is -2.37. The van der Waals surface area contributed by atoms with Gasteiger partial charge in [0.2, 0.25) is 0 Å². The van der Waals surface area contributed by atoms with Crippen molar-refractivity contribution in [3.63, 3.8) is 0 Å². The molecule has 4 aromatic rings. The fourth-order valence-electron chi connectivity index (χ4n) is 3.67. The van der Waals surface area contributed by atoms with Crippen molar-refractivity contribution in [2.24, 2.45) is 12.8 Å². The number of aromatic nitrogens is 5. The van der Waals surface area contributed by atoms with Crippen LogP contribution in [0.15, 0.2) is 41.2 Å². The number of oxazole rings is 1. The lowest BCUT2D eigenvalue weighted by atomic mass is 9.97. The van der Waals surface area contributed by atoms with Crippen LogP contribution in [0.3, 0.4) is 0 Å². The first kappa shape index (κ1) is 21.6. The predicted molar refractivity (Wildman–Crippen MR) is 123 cm³/mol. The zero-order chi connectivity index (χ0) is 23.7. The zero-order valence-electron chi connectivity index (χ0n) is 18.8. The molecule has 0 bridgehead atoms. The molecule has 3 N–H and O–H groups in total. The summed E-state index contributed by atoms with van der Waals surface area (Å²) in [6.45, 7) is 2.23. The number of hydrogen-bond acceptors (Lipinski definition) is 10. The number of fused-ring (bicyclic) bond motifs is 1. The van der Waals surface area contributed by atoms with E-state index in [1.54, 1.807) is 37.4 Å². The van der Waals surface area contributed by atoms with Gasteiger partial charge in [0.25, 0.3) is 11.9 Å². The van der Waals surface area contributed by atoms with E-state index >= 15 is 0 Å². The van der Waals surface area contributed by atoms with E-state index in [2.05, 4.69) is 25.4 Å². The molecular formula is C22H24N8O4. The Morgan fingerprint density at radius 3 is 2.85 bits per heavy atom. The topological polar surface area (TPSA) is 146 Å². The number of ether oxygens (including phenoxy) is 2. The molecule has 1 saturated heterocycles. The predicted octanol–water partition coefficient (Wildman–Crippen LogP) is 1.82. The van der Waals surface area contributed by atoms with Gasteiger partial charge in [-0.15, -0.1) is 0 Å². The Labute approximate surface area is 194 Å². The summed E-state index contributed by atoms with van der Waals surface area (Å²) in [7, 11) is 3.42. The second kappa shape index (κ2) is 8.98. The number of carbonyl (C=O) groups excluding carboxylic acids is 1. The third kappa shape index (κ3) is 4.35. The zero-order valence-corrected chi connectivity index (χ0v) is 18.8. The van der Waals surface area contributed by atoms with E-state index in [1.807, 2.05) is 23.1 Å². The summed E-state index contributed by atoms with van der Waals surface area (Å²) >= 11 is 0. The standard InChI is InChI=1S/C22H24N8O4/c1-29-12-14(8-25-29)26-21-19(20(23)31)27-17(9-24-21)13-10-30(11-13)22-28-16-4-3-15(7-18(16)34-22)33-6-5-32-2/h3-4,7-9,12-13H,5-6,10-11H2,1-2H3,(H2,23,31)(H,24,26). The average molecular weight is 464 g/mol. The maximum Gasteiger partial charge on any atom is 0.298 e. The number of nitrogens with one attached hydrogen (secondary N) is 1. The van der Waals surface area contributed by atoms with Crippen LogP contribution in [0, 0.1) is 0 Å². The van der Waals surface area contributed by atoms with Crippen LogP contribution in [-0.2, 0) is 11.8 Å². The van der Waals surface area contributed by atoms with Gasteiger partial charge in [-0.05, 0) is 12.1 Å². The molecule has 176 valence electrons. The van der Waals surface area contributed by atoms with Gasteiger partial charge in [-0.25, -0.2) is 9.97 Å². The highest BCUT2D eigenvalue weighted by atomic mass is 16.5. The summed E-state index contributed by atoms with van der Waals surface area (Å²) in [5, 5.41) is 7.12. The minimum Gasteiger partial charge on any atom is -0.491 e. The Balaban J connectivity index is 1.27. The first-order valence-corrected chi connectivity index (χ1v) is 10.7. The van der Waals surface area contributed by atoms with Crippen LogP contribution in [0.4, 0.5) is 17.5 Å². The summed E-state index contributed by atoms with van der Waals surface area (Å²) in [5.74, 6) is 0.409. The summed E-state index contributed by atoms with van der Waals surface area (Å²) in [6, 6.07) is 6.06. The Morgan fingerprint density at radius 1 is 1.26 bits per heavy atom. The summed E-state index contributed by atoms with van der Waals surface area (Å²) < 4.78 is 18.2. The molecule has 5 rings (SSSR count). The van der Waals surface area contributed by atoms with Gasteiger partial charge < -0.3 is 29.8 Å². The van der Waals surface area contributed by atoms with E-state index in [0.29, 0.717) is 60.8 Å². The minimum atomic E-state index is -0.653. The molecule has 12 heteroatoms. The third-order valence-corrected chi connectivity index (χ3v) is 5.47. The lowest BCUT2D eigenvalue weighted by molar-refractivity contribution is 0.0995. The number of anilines is 3. The molecule has 0 radical (unpaired) electrons. The molecule has 4 heterocycles. The van der Waals surface area contributed by atoms with Crippen molar-refractivity contribution in [3.8, 4) is 5.75 Å². The van der Waals surface area contributed by atoms with Gasteiger partial charge in [0.05, 0.1) is 30.4 Å². The van der Waals surface area contributed by atoms with Crippen molar-refractivity contribution in [1.82, 2.24) is 24.7 Å². The molecule has 0 spiro atoms. The van der Waals surface area contributed by atoms with E-state index in [9.17, 15) is 4.79 Å². The van der Waals surface area contributed by atoms with E-state index in [4.69, 9.17) is 19.6 Å². The smallest absolute Gasteiger partial charge is 0.298 e. The van der Waals surface area contributed by atoms with Gasteiger partial charge in [-0.3, -0.25) is 9.48 Å². The molecule has 3 aromatic heterocycles. The number of primary amides is 1. The van der Waals surface area contributed by atoms with Crippen LogP contribution in [-0.4, -0.2) is 64.1 Å². The van der Waals surface area contributed by atoms with Gasteiger partial charge in [0.1, 0.15) is 17.9 Å². The van der Waals surface area contributed by atoms with Crippen LogP contribution in [0.5, 0.6) is 5.75 Å². The van der Waals surface area contributed by atoms with Crippen LogP contribution in [0.1, 0.15) is 22.1 Å². The van der Waals surface area contributed by atoms with Crippen LogP contribution < -0.4 is 20.7 Å². The highest BCUT2D eigenvalue weighted by Crippen LogP contribution is 2.33. The number of benzene rings is 1. The van der Waals surface area contributed by atoms with Crippen LogP contribution in [0.2, 0.25) is 0 Å². The van der Waals surface area contributed by atoms with Gasteiger partial charge in [0, 0.05) is 45.4 Å². The van der Waals surface area contributed by atoms with Crippen LogP contribution in [0.25, 0.3) is 11.1 Å². The van der Waals surface area contributed by atoms with Crippen molar-refractivity contribution >= 4 is 34.5 Å². The van der Waals surface area contributed by atoms with Crippen molar-refractivity contribution in [2.75, 3.05) is 43.6 Å². The maximum absolute atomic E-state index is 12.0. The highest BCUT2D eigenvalue weighted by Gasteiger charge is 2.33. The first-order valence-electron chi connectivity index (χ1n) is 10.7. The van der Waals surface area contributed by atoms with Crippen molar-refractivity contribution < 1.29 is 18.7 Å². The SMILES string of the molecule is COCCOc1ccc2nc(N3CC(c4cnc(Nc5cnn(C)c5)c(C(N)=O)n4)C3)oc2c1. The molecular weight excluding hydrogens is 440 g/mol. The molecule has 12 nitrogen and oxygen atoms in total. The molecule has 1 fully saturated rings. The quantitative estimate of drug-likeness (QED) is 0.352. The normalized spacial score (nSPS) is 13.8. The lowest BCUT2D eigenvalue weighted by Crippen LogP contribution is -2.45. The van der Waals surface area contributed by atoms with Crippen molar-refractivity contribution in [1.29, 1.82) is 0 Å². The summed E-state index contributed by atoms with van der Waals surface area (Å²) in [5.41, 5.74) is 8.41. The van der Waals surface area contributed by atoms with Crippen molar-refractivity contribution in [3.05, 3.63) is 48.2 Å². The maximum atomic E-state index is 12.0. The van der Waals surface area contributed by atoms with Gasteiger partial charge in [-0.2, -0.15) is 10.1 Å². The largest absolute Gasteiger partial charge is 0.491 e. The third-order valence-electron chi connectivity index (χ3n) is 5.47.